The van der Waals surface area contributed by atoms with Crippen molar-refractivity contribution in [2.45, 2.75) is 45.6 Å². The van der Waals surface area contributed by atoms with Gasteiger partial charge in [-0.2, -0.15) is 0 Å². The van der Waals surface area contributed by atoms with Crippen molar-refractivity contribution in [3.8, 4) is 0 Å². The van der Waals surface area contributed by atoms with Crippen LogP contribution >= 0.6 is 0 Å². The lowest BCUT2D eigenvalue weighted by molar-refractivity contribution is -0.0574. The van der Waals surface area contributed by atoms with Crippen LogP contribution in [0, 0.1) is 5.41 Å². The molecule has 0 aliphatic carbocycles. The van der Waals surface area contributed by atoms with Gasteiger partial charge in [-0.15, -0.1) is 0 Å². The minimum atomic E-state index is -0.762. The molecule has 0 fully saturated rings. The summed E-state index contributed by atoms with van der Waals surface area (Å²) in [7, 11) is 0. The third-order valence-corrected chi connectivity index (χ3v) is 3.63. The van der Waals surface area contributed by atoms with E-state index in [0.29, 0.717) is 6.54 Å². The van der Waals surface area contributed by atoms with Crippen molar-refractivity contribution in [2.24, 2.45) is 11.1 Å². The molecule has 0 aromatic heterocycles. The first kappa shape index (κ1) is 14.2. The molecule has 17 heavy (non-hydrogen) atoms. The van der Waals surface area contributed by atoms with Crippen molar-refractivity contribution in [1.82, 2.24) is 0 Å². The molecule has 1 aromatic rings. The second-order valence-electron chi connectivity index (χ2n) is 5.82. The molecule has 0 saturated heterocycles. The predicted molar refractivity (Wildman–Crippen MR) is 72.8 cm³/mol. The van der Waals surface area contributed by atoms with Gasteiger partial charge < -0.3 is 10.8 Å². The van der Waals surface area contributed by atoms with Gasteiger partial charge in [0.25, 0.3) is 0 Å². The number of rotatable bonds is 5. The van der Waals surface area contributed by atoms with Crippen LogP contribution in [0.3, 0.4) is 0 Å². The van der Waals surface area contributed by atoms with Gasteiger partial charge in [0.1, 0.15) is 0 Å². The van der Waals surface area contributed by atoms with E-state index in [-0.39, 0.29) is 5.41 Å². The zero-order valence-corrected chi connectivity index (χ0v) is 11.2. The fraction of sp³-hybridized carbons (Fsp3) is 0.600. The average Bonchev–Trinajstić information content (AvgIpc) is 2.28. The van der Waals surface area contributed by atoms with Gasteiger partial charge in [-0.05, 0) is 30.2 Å². The van der Waals surface area contributed by atoms with Gasteiger partial charge in [-0.3, -0.25) is 0 Å². The van der Waals surface area contributed by atoms with E-state index in [1.54, 1.807) is 0 Å². The predicted octanol–water partition coefficient (Wildman–Crippen LogP) is 2.75. The van der Waals surface area contributed by atoms with E-state index in [4.69, 9.17) is 5.73 Å². The van der Waals surface area contributed by atoms with Crippen LogP contribution in [-0.4, -0.2) is 17.3 Å². The van der Waals surface area contributed by atoms with Crippen LogP contribution < -0.4 is 5.73 Å². The SMILES string of the molecule is CC(C)(C)C(O)(CN)CCCc1ccccc1. The van der Waals surface area contributed by atoms with Crippen LogP contribution in [0.4, 0.5) is 0 Å². The lowest BCUT2D eigenvalue weighted by Crippen LogP contribution is -2.49. The van der Waals surface area contributed by atoms with Gasteiger partial charge in [0.05, 0.1) is 5.60 Å². The second kappa shape index (κ2) is 5.65. The highest BCUT2D eigenvalue weighted by Gasteiger charge is 2.37. The maximum Gasteiger partial charge on any atom is 0.0817 e. The Morgan fingerprint density at radius 3 is 2.18 bits per heavy atom. The summed E-state index contributed by atoms with van der Waals surface area (Å²) in [6.45, 7) is 6.46. The number of hydrogen-bond acceptors (Lipinski definition) is 2. The zero-order chi connectivity index (χ0) is 12.9. The molecule has 1 unspecified atom stereocenters. The van der Waals surface area contributed by atoms with E-state index in [9.17, 15) is 5.11 Å². The first-order valence-corrected chi connectivity index (χ1v) is 6.35. The fourth-order valence-electron chi connectivity index (χ4n) is 2.01. The summed E-state index contributed by atoms with van der Waals surface area (Å²) in [4.78, 5) is 0. The van der Waals surface area contributed by atoms with Crippen LogP contribution in [0.5, 0.6) is 0 Å². The minimum Gasteiger partial charge on any atom is -0.388 e. The summed E-state index contributed by atoms with van der Waals surface area (Å²) in [5, 5.41) is 10.5. The van der Waals surface area contributed by atoms with Crippen LogP contribution in [0.1, 0.15) is 39.2 Å². The van der Waals surface area contributed by atoms with Gasteiger partial charge in [-0.25, -0.2) is 0 Å². The molecule has 1 atom stereocenters. The lowest BCUT2D eigenvalue weighted by atomic mass is 9.73. The van der Waals surface area contributed by atoms with E-state index >= 15 is 0 Å². The molecule has 0 heterocycles. The van der Waals surface area contributed by atoms with Crippen LogP contribution in [-0.2, 0) is 6.42 Å². The second-order valence-corrected chi connectivity index (χ2v) is 5.82. The molecule has 96 valence electrons. The Morgan fingerprint density at radius 1 is 1.12 bits per heavy atom. The summed E-state index contributed by atoms with van der Waals surface area (Å²) >= 11 is 0. The molecule has 0 bridgehead atoms. The smallest absolute Gasteiger partial charge is 0.0817 e. The first-order chi connectivity index (χ1) is 7.89. The molecule has 0 amide bonds. The Hall–Kier alpha value is -0.860. The van der Waals surface area contributed by atoms with Crippen molar-refractivity contribution in [3.63, 3.8) is 0 Å². The quantitative estimate of drug-likeness (QED) is 0.824. The van der Waals surface area contributed by atoms with Crippen LogP contribution in [0.25, 0.3) is 0 Å². The third kappa shape index (κ3) is 3.83. The van der Waals surface area contributed by atoms with E-state index in [2.05, 4.69) is 12.1 Å². The monoisotopic (exact) mass is 235 g/mol. The summed E-state index contributed by atoms with van der Waals surface area (Å²) < 4.78 is 0. The van der Waals surface area contributed by atoms with Crippen LogP contribution in [0.2, 0.25) is 0 Å². The van der Waals surface area contributed by atoms with Crippen molar-refractivity contribution in [3.05, 3.63) is 35.9 Å². The van der Waals surface area contributed by atoms with Gasteiger partial charge in [-0.1, -0.05) is 51.1 Å². The number of nitrogens with two attached hydrogens (primary N) is 1. The molecule has 2 heteroatoms. The van der Waals surface area contributed by atoms with Crippen molar-refractivity contribution in [1.29, 1.82) is 0 Å². The van der Waals surface area contributed by atoms with Crippen molar-refractivity contribution < 1.29 is 5.11 Å². The summed E-state index contributed by atoms with van der Waals surface area (Å²) in [5.74, 6) is 0. The molecule has 0 aliphatic rings. The highest BCUT2D eigenvalue weighted by atomic mass is 16.3. The average molecular weight is 235 g/mol. The molecular weight excluding hydrogens is 210 g/mol. The Labute approximate surface area is 105 Å². The van der Waals surface area contributed by atoms with E-state index < -0.39 is 5.60 Å². The van der Waals surface area contributed by atoms with Crippen LogP contribution in [0.15, 0.2) is 30.3 Å². The number of benzene rings is 1. The largest absolute Gasteiger partial charge is 0.388 e. The maximum absolute atomic E-state index is 10.5. The third-order valence-electron chi connectivity index (χ3n) is 3.63. The first-order valence-electron chi connectivity index (χ1n) is 6.35. The Balaban J connectivity index is 2.50. The van der Waals surface area contributed by atoms with Crippen molar-refractivity contribution in [2.75, 3.05) is 6.54 Å². The standard InChI is InChI=1S/C15H25NO/c1-14(2,3)15(17,12-16)11-7-10-13-8-5-4-6-9-13/h4-6,8-9,17H,7,10-12,16H2,1-3H3. The molecule has 0 radical (unpaired) electrons. The summed E-state index contributed by atoms with van der Waals surface area (Å²) in [5.41, 5.74) is 6.11. The molecule has 3 N–H and O–H groups in total. The van der Waals surface area contributed by atoms with E-state index in [1.165, 1.54) is 5.56 Å². The Bertz CT molecular complexity index is 329. The Kier molecular flexibility index (Phi) is 4.72. The van der Waals surface area contributed by atoms with Gasteiger partial charge in [0, 0.05) is 6.54 Å². The highest BCUT2D eigenvalue weighted by molar-refractivity contribution is 5.14. The minimum absolute atomic E-state index is 0.168. The van der Waals surface area contributed by atoms with Gasteiger partial charge >= 0.3 is 0 Å². The van der Waals surface area contributed by atoms with Gasteiger partial charge in [0.15, 0.2) is 0 Å². The molecule has 1 aromatic carbocycles. The van der Waals surface area contributed by atoms with E-state index in [0.717, 1.165) is 19.3 Å². The van der Waals surface area contributed by atoms with Gasteiger partial charge in [0.2, 0.25) is 0 Å². The molecule has 1 rings (SSSR count). The van der Waals surface area contributed by atoms with E-state index in [1.807, 2.05) is 39.0 Å². The molecule has 0 saturated carbocycles. The lowest BCUT2D eigenvalue weighted by Gasteiger charge is -2.39. The fourth-order valence-corrected chi connectivity index (χ4v) is 2.01. The topological polar surface area (TPSA) is 46.2 Å². The zero-order valence-electron chi connectivity index (χ0n) is 11.2. The molecule has 0 spiro atoms. The number of aliphatic hydroxyl groups is 1. The molecular formula is C15H25NO. The van der Waals surface area contributed by atoms with Crippen molar-refractivity contribution >= 4 is 0 Å². The Morgan fingerprint density at radius 2 is 1.71 bits per heavy atom. The molecule has 0 aliphatic heterocycles. The summed E-state index contributed by atoms with van der Waals surface area (Å²) in [6.07, 6.45) is 2.72. The number of hydrogen-bond donors (Lipinski definition) is 2. The highest BCUT2D eigenvalue weighted by Crippen LogP contribution is 2.33. The summed E-state index contributed by atoms with van der Waals surface area (Å²) in [6, 6.07) is 10.4. The number of aryl methyl sites for hydroxylation is 1. The normalized spacial score (nSPS) is 15.6. The maximum atomic E-state index is 10.5. The molecule has 2 nitrogen and oxygen atoms in total.